The van der Waals surface area contributed by atoms with Crippen LogP contribution in [0.25, 0.3) is 11.6 Å². The highest BCUT2D eigenvalue weighted by Crippen LogP contribution is 2.20. The van der Waals surface area contributed by atoms with Gasteiger partial charge in [0.25, 0.3) is 0 Å². The molecule has 1 aromatic rings. The zero-order chi connectivity index (χ0) is 24.0. The van der Waals surface area contributed by atoms with Crippen molar-refractivity contribution in [2.24, 2.45) is 5.73 Å². The van der Waals surface area contributed by atoms with Crippen molar-refractivity contribution in [1.82, 2.24) is 0 Å². The Morgan fingerprint density at radius 3 is 1.45 bits per heavy atom. The van der Waals surface area contributed by atoms with Crippen LogP contribution < -0.4 is 5.73 Å². The minimum Gasteiger partial charge on any atom is -0.379 e. The fourth-order valence-corrected chi connectivity index (χ4v) is 2.81. The monoisotopic (exact) mass is 465 g/mol. The molecule has 2 N–H and O–H groups in total. The van der Waals surface area contributed by atoms with Crippen LogP contribution in [0.2, 0.25) is 0 Å². The summed E-state index contributed by atoms with van der Waals surface area (Å²) in [6.07, 6.45) is 2.76. The summed E-state index contributed by atoms with van der Waals surface area (Å²) in [6.45, 7) is 15.4. The minimum atomic E-state index is 0.534. The van der Waals surface area contributed by atoms with Gasteiger partial charge in [-0.15, -0.1) is 0 Å². The highest BCUT2D eigenvalue weighted by Gasteiger charge is 2.01. The van der Waals surface area contributed by atoms with Crippen molar-refractivity contribution in [1.29, 1.82) is 0 Å². The van der Waals surface area contributed by atoms with Crippen LogP contribution in [-0.4, -0.2) is 85.8 Å². The van der Waals surface area contributed by atoms with Crippen LogP contribution >= 0.6 is 0 Å². The van der Waals surface area contributed by atoms with E-state index >= 15 is 0 Å². The molecule has 0 fully saturated rings. The summed E-state index contributed by atoms with van der Waals surface area (Å²) in [5.74, 6) is 0. The standard InChI is InChI=1S/C26H43NO6/c1-4-25-5-7-26(8-6-25)24(3)23(2)9-11-28-13-15-30-17-19-32-21-22-33-20-18-31-16-14-29-12-10-27/h4-8H,1,9-22,27H2,2-3H3/b24-23+. The molecule has 0 saturated heterocycles. The molecule has 7 heteroatoms. The minimum absolute atomic E-state index is 0.534. The van der Waals surface area contributed by atoms with Gasteiger partial charge < -0.3 is 34.2 Å². The van der Waals surface area contributed by atoms with Crippen molar-refractivity contribution >= 4 is 11.6 Å². The van der Waals surface area contributed by atoms with E-state index in [1.54, 1.807) is 0 Å². The second-order valence-electron chi connectivity index (χ2n) is 7.44. The molecule has 0 radical (unpaired) electrons. The van der Waals surface area contributed by atoms with E-state index in [4.69, 9.17) is 34.2 Å². The predicted molar refractivity (Wildman–Crippen MR) is 133 cm³/mol. The van der Waals surface area contributed by atoms with E-state index in [-0.39, 0.29) is 0 Å². The maximum atomic E-state index is 5.69. The van der Waals surface area contributed by atoms with Gasteiger partial charge in [-0.2, -0.15) is 0 Å². The predicted octanol–water partition coefficient (Wildman–Crippen LogP) is 3.57. The molecule has 0 aromatic heterocycles. The molecular formula is C26H43NO6. The maximum absolute atomic E-state index is 5.69. The molecule has 33 heavy (non-hydrogen) atoms. The van der Waals surface area contributed by atoms with Gasteiger partial charge in [-0.1, -0.05) is 42.5 Å². The molecule has 0 saturated carbocycles. The lowest BCUT2D eigenvalue weighted by atomic mass is 9.99. The van der Waals surface area contributed by atoms with Gasteiger partial charge in [0.1, 0.15) is 0 Å². The van der Waals surface area contributed by atoms with Crippen LogP contribution in [0.3, 0.4) is 0 Å². The summed E-state index contributed by atoms with van der Waals surface area (Å²) in [7, 11) is 0. The summed E-state index contributed by atoms with van der Waals surface area (Å²) >= 11 is 0. The second kappa shape index (κ2) is 21.0. The largest absolute Gasteiger partial charge is 0.379 e. The molecule has 0 aliphatic rings. The van der Waals surface area contributed by atoms with Crippen LogP contribution in [0.4, 0.5) is 0 Å². The van der Waals surface area contributed by atoms with Crippen LogP contribution in [0.1, 0.15) is 31.4 Å². The second-order valence-corrected chi connectivity index (χ2v) is 7.44. The molecule has 1 rings (SSSR count). The normalized spacial score (nSPS) is 12.1. The molecule has 7 nitrogen and oxygen atoms in total. The summed E-state index contributed by atoms with van der Waals surface area (Å²) in [6, 6.07) is 8.44. The molecule has 188 valence electrons. The third-order valence-electron chi connectivity index (χ3n) is 4.96. The molecule has 0 heterocycles. The Hall–Kier alpha value is -1.58. The maximum Gasteiger partial charge on any atom is 0.0701 e. The Balaban J connectivity index is 1.88. The van der Waals surface area contributed by atoms with E-state index in [0.717, 1.165) is 12.0 Å². The first kappa shape index (κ1) is 29.5. The molecule has 1 aromatic carbocycles. The van der Waals surface area contributed by atoms with Gasteiger partial charge in [0.05, 0.1) is 79.3 Å². The Labute approximate surface area is 199 Å². The van der Waals surface area contributed by atoms with Crippen LogP contribution in [-0.2, 0) is 28.4 Å². The molecule has 0 unspecified atom stereocenters. The van der Waals surface area contributed by atoms with Crippen molar-refractivity contribution in [3.63, 3.8) is 0 Å². The third-order valence-corrected chi connectivity index (χ3v) is 4.96. The highest BCUT2D eigenvalue weighted by molar-refractivity contribution is 5.67. The van der Waals surface area contributed by atoms with E-state index in [9.17, 15) is 0 Å². The Morgan fingerprint density at radius 1 is 0.667 bits per heavy atom. The van der Waals surface area contributed by atoms with Crippen molar-refractivity contribution < 1.29 is 28.4 Å². The van der Waals surface area contributed by atoms with Crippen molar-refractivity contribution in [3.05, 3.63) is 47.5 Å². The van der Waals surface area contributed by atoms with Gasteiger partial charge in [-0.05, 0) is 37.0 Å². The fraction of sp³-hybridized carbons (Fsp3) is 0.615. The van der Waals surface area contributed by atoms with Gasteiger partial charge in [-0.25, -0.2) is 0 Å². The third kappa shape index (κ3) is 15.8. The van der Waals surface area contributed by atoms with Crippen molar-refractivity contribution in [2.45, 2.75) is 20.3 Å². The Bertz CT molecular complexity index is 632. The molecule has 0 amide bonds. The summed E-state index contributed by atoms with van der Waals surface area (Å²) in [5.41, 5.74) is 10.3. The van der Waals surface area contributed by atoms with Crippen LogP contribution in [0, 0.1) is 0 Å². The van der Waals surface area contributed by atoms with E-state index in [0.29, 0.717) is 85.8 Å². The highest BCUT2D eigenvalue weighted by atomic mass is 16.6. The van der Waals surface area contributed by atoms with E-state index in [2.05, 4.69) is 44.7 Å². The summed E-state index contributed by atoms with van der Waals surface area (Å²) < 4.78 is 32.7. The first-order valence-electron chi connectivity index (χ1n) is 11.7. The lowest BCUT2D eigenvalue weighted by Gasteiger charge is -2.10. The van der Waals surface area contributed by atoms with Crippen LogP contribution in [0.5, 0.6) is 0 Å². The molecule has 0 atom stereocenters. The first-order chi connectivity index (χ1) is 16.2. The van der Waals surface area contributed by atoms with Gasteiger partial charge in [-0.3, -0.25) is 0 Å². The number of allylic oxidation sites excluding steroid dienone is 1. The summed E-state index contributed by atoms with van der Waals surface area (Å²) in [4.78, 5) is 0. The number of hydrogen-bond acceptors (Lipinski definition) is 7. The van der Waals surface area contributed by atoms with E-state index < -0.39 is 0 Å². The topological polar surface area (TPSA) is 81.4 Å². The molecule has 0 aliphatic heterocycles. The van der Waals surface area contributed by atoms with Crippen molar-refractivity contribution in [2.75, 3.05) is 85.8 Å². The number of hydrogen-bond donors (Lipinski definition) is 1. The zero-order valence-electron chi connectivity index (χ0n) is 20.5. The smallest absolute Gasteiger partial charge is 0.0701 e. The Kier molecular flexibility index (Phi) is 18.7. The fourth-order valence-electron chi connectivity index (χ4n) is 2.81. The molecular weight excluding hydrogens is 422 g/mol. The van der Waals surface area contributed by atoms with Gasteiger partial charge in [0.15, 0.2) is 0 Å². The SMILES string of the molecule is C=Cc1ccc(/C(C)=C(\C)CCOCCOCCOCCOCCOCCOCCN)cc1. The van der Waals surface area contributed by atoms with E-state index in [1.807, 2.05) is 6.08 Å². The lowest BCUT2D eigenvalue weighted by molar-refractivity contribution is -0.0162. The number of rotatable bonds is 22. The van der Waals surface area contributed by atoms with Gasteiger partial charge in [0, 0.05) is 6.54 Å². The zero-order valence-corrected chi connectivity index (χ0v) is 20.5. The lowest BCUT2D eigenvalue weighted by Crippen LogP contribution is -2.15. The number of benzene rings is 1. The molecule has 0 bridgehead atoms. The average Bonchev–Trinajstić information content (AvgIpc) is 2.84. The van der Waals surface area contributed by atoms with Crippen molar-refractivity contribution in [3.8, 4) is 0 Å². The summed E-state index contributed by atoms with van der Waals surface area (Å²) in [5, 5.41) is 0. The first-order valence-corrected chi connectivity index (χ1v) is 11.7. The molecule has 0 aliphatic carbocycles. The van der Waals surface area contributed by atoms with E-state index in [1.165, 1.54) is 16.7 Å². The number of nitrogens with two attached hydrogens (primary N) is 1. The van der Waals surface area contributed by atoms with Crippen LogP contribution in [0.15, 0.2) is 36.4 Å². The van der Waals surface area contributed by atoms with Gasteiger partial charge >= 0.3 is 0 Å². The molecule has 0 spiro atoms. The van der Waals surface area contributed by atoms with Gasteiger partial charge in [0.2, 0.25) is 0 Å². The average molecular weight is 466 g/mol. The quantitative estimate of drug-likeness (QED) is 0.262. The Morgan fingerprint density at radius 2 is 1.06 bits per heavy atom. The number of ether oxygens (including phenoxy) is 6.